The van der Waals surface area contributed by atoms with Crippen LogP contribution in [0.25, 0.3) is 5.82 Å². The summed E-state index contributed by atoms with van der Waals surface area (Å²) in [4.78, 5) is 22.2. The smallest absolute Gasteiger partial charge is 0.262 e. The molecule has 0 aromatic carbocycles. The molecule has 2 aromatic heterocycles. The van der Waals surface area contributed by atoms with Crippen LogP contribution in [0.3, 0.4) is 0 Å². The topological polar surface area (TPSA) is 63.4 Å². The number of allylic oxidation sites excluding steroid dienone is 1. The number of nitrogens with zero attached hydrogens (tertiary/aromatic N) is 5. The fraction of sp³-hybridized carbons (Fsp3) is 0.200. The Balaban J connectivity index is 1.62. The van der Waals surface area contributed by atoms with E-state index in [2.05, 4.69) is 15.1 Å². The van der Waals surface area contributed by atoms with E-state index >= 15 is 0 Å². The summed E-state index contributed by atoms with van der Waals surface area (Å²) < 4.78 is 14.6. The highest BCUT2D eigenvalue weighted by Gasteiger charge is 2.32. The first kappa shape index (κ1) is 12.9. The molecule has 0 saturated heterocycles. The number of fused-ring (bicyclic) bond motifs is 1. The summed E-state index contributed by atoms with van der Waals surface area (Å²) >= 11 is 0. The molecular formula is C15H12FN5O. The summed E-state index contributed by atoms with van der Waals surface area (Å²) in [6.07, 6.45) is 7.12. The first-order valence-corrected chi connectivity index (χ1v) is 6.91. The predicted molar refractivity (Wildman–Crippen MR) is 79.3 cm³/mol. The molecule has 22 heavy (non-hydrogen) atoms. The number of hydrogen-bond donors (Lipinski definition) is 0. The van der Waals surface area contributed by atoms with Gasteiger partial charge in [0.2, 0.25) is 0 Å². The van der Waals surface area contributed by atoms with E-state index in [4.69, 9.17) is 0 Å². The van der Waals surface area contributed by atoms with Crippen molar-refractivity contribution in [3.8, 4) is 0 Å². The number of pyridine rings is 1. The van der Waals surface area contributed by atoms with E-state index in [9.17, 15) is 9.18 Å². The SMILES string of the molecule is O=C1c2cn(C3=CCC(F)C=N3)nc2CN1c1cccnc1. The molecule has 2 aliphatic heterocycles. The number of rotatable bonds is 2. The third-order valence-electron chi connectivity index (χ3n) is 3.66. The van der Waals surface area contributed by atoms with Crippen molar-refractivity contribution in [3.63, 3.8) is 0 Å². The van der Waals surface area contributed by atoms with Crippen LogP contribution >= 0.6 is 0 Å². The lowest BCUT2D eigenvalue weighted by Gasteiger charge is -2.15. The Morgan fingerprint density at radius 3 is 2.95 bits per heavy atom. The molecule has 0 radical (unpaired) electrons. The molecule has 7 heteroatoms. The normalized spacial score (nSPS) is 20.2. The molecule has 4 heterocycles. The van der Waals surface area contributed by atoms with Crippen LogP contribution < -0.4 is 4.90 Å². The quantitative estimate of drug-likeness (QED) is 0.852. The molecule has 1 unspecified atom stereocenters. The zero-order valence-electron chi connectivity index (χ0n) is 11.6. The zero-order valence-corrected chi connectivity index (χ0v) is 11.6. The molecule has 0 N–H and O–H groups in total. The van der Waals surface area contributed by atoms with Crippen LogP contribution in [0.5, 0.6) is 0 Å². The van der Waals surface area contributed by atoms with Gasteiger partial charge in [0, 0.05) is 25.0 Å². The van der Waals surface area contributed by atoms with Gasteiger partial charge in [0.15, 0.2) is 0 Å². The Kier molecular flexibility index (Phi) is 2.85. The van der Waals surface area contributed by atoms with Crippen molar-refractivity contribution in [3.05, 3.63) is 48.1 Å². The highest BCUT2D eigenvalue weighted by atomic mass is 19.1. The van der Waals surface area contributed by atoms with Crippen molar-refractivity contribution in [2.45, 2.75) is 19.1 Å². The van der Waals surface area contributed by atoms with Gasteiger partial charge < -0.3 is 4.90 Å². The largest absolute Gasteiger partial charge is 0.301 e. The van der Waals surface area contributed by atoms with Crippen LogP contribution in [-0.2, 0) is 6.54 Å². The zero-order chi connectivity index (χ0) is 15.1. The van der Waals surface area contributed by atoms with E-state index in [0.29, 0.717) is 23.6 Å². The average molecular weight is 297 g/mol. The lowest BCUT2D eigenvalue weighted by Crippen LogP contribution is -2.24. The van der Waals surface area contributed by atoms with E-state index < -0.39 is 6.17 Å². The van der Waals surface area contributed by atoms with Gasteiger partial charge in [0.25, 0.3) is 5.91 Å². The molecule has 1 atom stereocenters. The van der Waals surface area contributed by atoms with Gasteiger partial charge in [-0.25, -0.2) is 14.1 Å². The standard InChI is InChI=1S/C15H12FN5O/c16-10-3-4-14(18-6-10)21-8-12-13(19-21)9-20(15(12)22)11-2-1-5-17-7-11/h1-2,4-8,10H,3,9H2. The first-order chi connectivity index (χ1) is 10.7. The van der Waals surface area contributed by atoms with Gasteiger partial charge in [-0.2, -0.15) is 5.10 Å². The number of carbonyl (C=O) groups excluding carboxylic acids is 1. The second kappa shape index (κ2) is 4.87. The number of alkyl halides is 1. The summed E-state index contributed by atoms with van der Waals surface area (Å²) in [5.74, 6) is 0.432. The van der Waals surface area contributed by atoms with E-state index in [1.54, 1.807) is 35.6 Å². The third kappa shape index (κ3) is 2.02. The van der Waals surface area contributed by atoms with Gasteiger partial charge in [0.1, 0.15) is 12.0 Å². The van der Waals surface area contributed by atoms with Crippen molar-refractivity contribution in [1.82, 2.24) is 14.8 Å². The Bertz CT molecular complexity index is 796. The highest BCUT2D eigenvalue weighted by Crippen LogP contribution is 2.28. The van der Waals surface area contributed by atoms with Crippen molar-refractivity contribution in [1.29, 1.82) is 0 Å². The maximum atomic E-state index is 13.0. The van der Waals surface area contributed by atoms with Crippen LogP contribution in [0.2, 0.25) is 0 Å². The summed E-state index contributed by atoms with van der Waals surface area (Å²) in [6, 6.07) is 3.62. The number of amides is 1. The van der Waals surface area contributed by atoms with Crippen LogP contribution in [0.15, 0.2) is 41.8 Å². The van der Waals surface area contributed by atoms with Gasteiger partial charge in [-0.1, -0.05) is 0 Å². The number of anilines is 1. The molecule has 2 aliphatic rings. The molecular weight excluding hydrogens is 285 g/mol. The molecule has 1 amide bonds. The van der Waals surface area contributed by atoms with Gasteiger partial charge in [0.05, 0.1) is 29.7 Å². The van der Waals surface area contributed by atoms with Crippen LogP contribution in [0.1, 0.15) is 22.5 Å². The van der Waals surface area contributed by atoms with Crippen LogP contribution in [-0.4, -0.2) is 33.1 Å². The van der Waals surface area contributed by atoms with Crippen molar-refractivity contribution in [2.24, 2.45) is 4.99 Å². The number of aliphatic imine (C=N–C) groups is 1. The molecule has 0 bridgehead atoms. The second-order valence-electron chi connectivity index (χ2n) is 5.13. The molecule has 0 fully saturated rings. The Hall–Kier alpha value is -2.83. The molecule has 0 aliphatic carbocycles. The Morgan fingerprint density at radius 2 is 2.27 bits per heavy atom. The van der Waals surface area contributed by atoms with E-state index in [1.165, 1.54) is 10.9 Å². The lowest BCUT2D eigenvalue weighted by molar-refractivity contribution is 0.0996. The van der Waals surface area contributed by atoms with Crippen molar-refractivity contribution >= 4 is 23.6 Å². The number of carbonyl (C=O) groups is 1. The first-order valence-electron chi connectivity index (χ1n) is 6.91. The lowest BCUT2D eigenvalue weighted by atomic mass is 10.2. The fourth-order valence-electron chi connectivity index (χ4n) is 2.55. The molecule has 4 rings (SSSR count). The van der Waals surface area contributed by atoms with E-state index in [1.807, 2.05) is 6.07 Å². The van der Waals surface area contributed by atoms with Crippen molar-refractivity contribution < 1.29 is 9.18 Å². The van der Waals surface area contributed by atoms with Crippen molar-refractivity contribution in [2.75, 3.05) is 4.90 Å². The summed E-state index contributed by atoms with van der Waals surface area (Å²) in [6.45, 7) is 0.398. The van der Waals surface area contributed by atoms with E-state index in [0.717, 1.165) is 5.69 Å². The van der Waals surface area contributed by atoms with Crippen LogP contribution in [0.4, 0.5) is 10.1 Å². The minimum Gasteiger partial charge on any atom is -0.301 e. The summed E-state index contributed by atoms with van der Waals surface area (Å²) in [7, 11) is 0. The maximum absolute atomic E-state index is 13.0. The van der Waals surface area contributed by atoms with E-state index in [-0.39, 0.29) is 12.3 Å². The van der Waals surface area contributed by atoms with Gasteiger partial charge in [-0.05, 0) is 18.2 Å². The molecule has 2 aromatic rings. The molecule has 0 spiro atoms. The summed E-state index contributed by atoms with van der Waals surface area (Å²) in [5.41, 5.74) is 1.97. The maximum Gasteiger partial charge on any atom is 0.262 e. The summed E-state index contributed by atoms with van der Waals surface area (Å²) in [5, 5.41) is 4.39. The number of aromatic nitrogens is 3. The molecule has 110 valence electrons. The minimum atomic E-state index is -1.05. The fourth-order valence-corrected chi connectivity index (χ4v) is 2.55. The Morgan fingerprint density at radius 1 is 1.36 bits per heavy atom. The molecule has 6 nitrogen and oxygen atoms in total. The average Bonchev–Trinajstić information content (AvgIpc) is 3.09. The third-order valence-corrected chi connectivity index (χ3v) is 3.66. The van der Waals surface area contributed by atoms with Crippen LogP contribution in [0, 0.1) is 0 Å². The Labute approximate surface area is 125 Å². The van der Waals surface area contributed by atoms with Gasteiger partial charge in [-0.3, -0.25) is 9.78 Å². The minimum absolute atomic E-state index is 0.113. The molecule has 0 saturated carbocycles. The highest BCUT2D eigenvalue weighted by molar-refractivity contribution is 6.09. The monoisotopic (exact) mass is 297 g/mol. The second-order valence-corrected chi connectivity index (χ2v) is 5.13. The number of hydrogen-bond acceptors (Lipinski definition) is 4. The van der Waals surface area contributed by atoms with Gasteiger partial charge >= 0.3 is 0 Å². The van der Waals surface area contributed by atoms with Gasteiger partial charge in [-0.15, -0.1) is 0 Å². The number of halogens is 1. The predicted octanol–water partition coefficient (Wildman–Crippen LogP) is 2.05.